The Balaban J connectivity index is 3.80. The zero-order valence-corrected chi connectivity index (χ0v) is 13.6. The minimum Gasteiger partial charge on any atom is -0.376 e. The topological polar surface area (TPSA) is 38.7 Å². The molecule has 0 aliphatic carbocycles. The van der Waals surface area contributed by atoms with E-state index in [1.807, 2.05) is 13.8 Å². The van der Waals surface area contributed by atoms with Gasteiger partial charge in [-0.2, -0.15) is 0 Å². The lowest BCUT2D eigenvalue weighted by atomic mass is 10.1. The van der Waals surface area contributed by atoms with Gasteiger partial charge in [-0.1, -0.05) is 53.4 Å². The van der Waals surface area contributed by atoms with Crippen LogP contribution in [-0.4, -0.2) is 30.2 Å². The van der Waals surface area contributed by atoms with Crippen LogP contribution in [0, 0.1) is 5.92 Å². The van der Waals surface area contributed by atoms with E-state index >= 15 is 0 Å². The molecular formula is C16H34O3. The molecule has 2 unspecified atom stereocenters. The molecule has 0 heterocycles. The van der Waals surface area contributed by atoms with E-state index in [9.17, 15) is 5.11 Å². The smallest absolute Gasteiger partial charge is 0.164 e. The molecule has 3 heteroatoms. The van der Waals surface area contributed by atoms with Crippen molar-refractivity contribution < 1.29 is 14.6 Å². The van der Waals surface area contributed by atoms with Gasteiger partial charge in [0, 0.05) is 5.92 Å². The fourth-order valence-corrected chi connectivity index (χ4v) is 1.88. The summed E-state index contributed by atoms with van der Waals surface area (Å²) in [5.41, 5.74) is 0. The molecule has 0 saturated heterocycles. The Labute approximate surface area is 119 Å². The van der Waals surface area contributed by atoms with Gasteiger partial charge < -0.3 is 14.6 Å². The van der Waals surface area contributed by atoms with Gasteiger partial charge in [-0.25, -0.2) is 0 Å². The molecule has 19 heavy (non-hydrogen) atoms. The quantitative estimate of drug-likeness (QED) is 0.429. The summed E-state index contributed by atoms with van der Waals surface area (Å²) >= 11 is 0. The van der Waals surface area contributed by atoms with Crippen LogP contribution < -0.4 is 0 Å². The Hall–Kier alpha value is -0.120. The Bertz CT molecular complexity index is 202. The van der Waals surface area contributed by atoms with E-state index in [2.05, 4.69) is 13.8 Å². The van der Waals surface area contributed by atoms with Crippen molar-refractivity contribution in [2.24, 2.45) is 5.92 Å². The van der Waals surface area contributed by atoms with E-state index in [4.69, 9.17) is 9.47 Å². The average molecular weight is 274 g/mol. The molecule has 116 valence electrons. The maximum absolute atomic E-state index is 9.96. The number of aliphatic hydroxyl groups is 1. The van der Waals surface area contributed by atoms with Crippen molar-refractivity contribution in [3.63, 3.8) is 0 Å². The van der Waals surface area contributed by atoms with Crippen molar-refractivity contribution in [3.8, 4) is 0 Å². The first-order valence-corrected chi connectivity index (χ1v) is 7.91. The Kier molecular flexibility index (Phi) is 10.6. The molecule has 0 fully saturated rings. The summed E-state index contributed by atoms with van der Waals surface area (Å²) in [7, 11) is 0. The van der Waals surface area contributed by atoms with Gasteiger partial charge in [-0.15, -0.1) is 0 Å². The normalized spacial score (nSPS) is 16.6. The fourth-order valence-electron chi connectivity index (χ4n) is 1.88. The van der Waals surface area contributed by atoms with Crippen LogP contribution in [0.5, 0.6) is 0 Å². The Morgan fingerprint density at radius 3 is 2.21 bits per heavy atom. The van der Waals surface area contributed by atoms with Gasteiger partial charge in [0.1, 0.15) is 0 Å². The molecule has 0 aliphatic heterocycles. The first kappa shape index (κ1) is 18.9. The lowest BCUT2D eigenvalue weighted by Crippen LogP contribution is -2.35. The van der Waals surface area contributed by atoms with E-state index in [-0.39, 0.29) is 5.92 Å². The van der Waals surface area contributed by atoms with Gasteiger partial charge in [-0.3, -0.25) is 0 Å². The number of ether oxygens (including phenoxy) is 2. The van der Waals surface area contributed by atoms with Crippen molar-refractivity contribution in [1.29, 1.82) is 0 Å². The van der Waals surface area contributed by atoms with E-state index in [1.54, 1.807) is 6.92 Å². The number of rotatable bonds is 12. The maximum atomic E-state index is 9.96. The molecule has 0 rings (SSSR count). The minimum absolute atomic E-state index is 0.0866. The van der Waals surface area contributed by atoms with Gasteiger partial charge in [0.05, 0.1) is 19.3 Å². The highest BCUT2D eigenvalue weighted by atomic mass is 16.6. The lowest BCUT2D eigenvalue weighted by molar-refractivity contribution is -0.224. The van der Waals surface area contributed by atoms with Gasteiger partial charge in [-0.05, 0) is 19.8 Å². The number of hydrogen-bond donors (Lipinski definition) is 1. The second kappa shape index (κ2) is 10.6. The van der Waals surface area contributed by atoms with Crippen LogP contribution >= 0.6 is 0 Å². The van der Waals surface area contributed by atoms with Crippen molar-refractivity contribution in [2.75, 3.05) is 13.2 Å². The van der Waals surface area contributed by atoms with E-state index in [1.165, 1.54) is 19.3 Å². The minimum atomic E-state index is -1.05. The van der Waals surface area contributed by atoms with Crippen LogP contribution in [0.3, 0.4) is 0 Å². The number of hydrogen-bond acceptors (Lipinski definition) is 3. The van der Waals surface area contributed by atoms with Crippen molar-refractivity contribution in [2.45, 2.75) is 85.0 Å². The summed E-state index contributed by atoms with van der Waals surface area (Å²) in [6.07, 6.45) is 7.53. The largest absolute Gasteiger partial charge is 0.376 e. The van der Waals surface area contributed by atoms with E-state index in [0.29, 0.717) is 19.3 Å². The van der Waals surface area contributed by atoms with Crippen LogP contribution in [-0.2, 0) is 9.47 Å². The summed E-state index contributed by atoms with van der Waals surface area (Å²) in [6.45, 7) is 11.0. The standard InChI is InChI=1S/C16H34O3/c1-6-8-9-11-15(10-7-2)18-12-13-19-16(5,17)14(3)4/h14-15,17H,6-13H2,1-5H3. The molecule has 3 nitrogen and oxygen atoms in total. The molecule has 0 aliphatic rings. The summed E-state index contributed by atoms with van der Waals surface area (Å²) in [4.78, 5) is 0. The zero-order chi connectivity index (χ0) is 14.7. The van der Waals surface area contributed by atoms with Crippen LogP contribution in [0.2, 0.25) is 0 Å². The molecule has 0 amide bonds. The Morgan fingerprint density at radius 1 is 1.00 bits per heavy atom. The predicted molar refractivity (Wildman–Crippen MR) is 80.2 cm³/mol. The second-order valence-corrected chi connectivity index (χ2v) is 5.84. The van der Waals surface area contributed by atoms with E-state index < -0.39 is 5.79 Å². The van der Waals surface area contributed by atoms with E-state index in [0.717, 1.165) is 19.3 Å². The third-order valence-electron chi connectivity index (χ3n) is 3.64. The van der Waals surface area contributed by atoms with Gasteiger partial charge in [0.15, 0.2) is 5.79 Å². The van der Waals surface area contributed by atoms with Crippen molar-refractivity contribution in [1.82, 2.24) is 0 Å². The molecular weight excluding hydrogens is 240 g/mol. The molecule has 0 aromatic heterocycles. The highest BCUT2D eigenvalue weighted by Crippen LogP contribution is 2.17. The summed E-state index contributed by atoms with van der Waals surface area (Å²) in [5, 5.41) is 9.96. The highest BCUT2D eigenvalue weighted by molar-refractivity contribution is 4.64. The monoisotopic (exact) mass is 274 g/mol. The third-order valence-corrected chi connectivity index (χ3v) is 3.64. The molecule has 0 aromatic carbocycles. The summed E-state index contributed by atoms with van der Waals surface area (Å²) < 4.78 is 11.3. The molecule has 1 N–H and O–H groups in total. The summed E-state index contributed by atoms with van der Waals surface area (Å²) in [5.74, 6) is -0.963. The molecule has 0 radical (unpaired) electrons. The molecule has 0 bridgehead atoms. The third kappa shape index (κ3) is 9.42. The second-order valence-electron chi connectivity index (χ2n) is 5.84. The molecule has 0 saturated carbocycles. The van der Waals surface area contributed by atoms with Crippen molar-refractivity contribution in [3.05, 3.63) is 0 Å². The van der Waals surface area contributed by atoms with Crippen molar-refractivity contribution >= 4 is 0 Å². The number of unbranched alkanes of at least 4 members (excludes halogenated alkanes) is 2. The zero-order valence-electron chi connectivity index (χ0n) is 13.6. The fraction of sp³-hybridized carbons (Fsp3) is 1.00. The molecule has 2 atom stereocenters. The van der Waals surface area contributed by atoms with Crippen LogP contribution in [0.1, 0.15) is 73.1 Å². The Morgan fingerprint density at radius 2 is 1.68 bits per heavy atom. The predicted octanol–water partition coefficient (Wildman–Crippen LogP) is 4.13. The first-order chi connectivity index (χ1) is 8.94. The SMILES string of the molecule is CCCCCC(CCC)OCCOC(C)(O)C(C)C. The maximum Gasteiger partial charge on any atom is 0.164 e. The first-order valence-electron chi connectivity index (χ1n) is 7.91. The molecule has 0 aromatic rings. The van der Waals surface area contributed by atoms with Gasteiger partial charge in [0.2, 0.25) is 0 Å². The average Bonchev–Trinajstić information content (AvgIpc) is 2.34. The van der Waals surface area contributed by atoms with Crippen LogP contribution in [0.4, 0.5) is 0 Å². The highest BCUT2D eigenvalue weighted by Gasteiger charge is 2.25. The summed E-state index contributed by atoms with van der Waals surface area (Å²) in [6, 6.07) is 0. The van der Waals surface area contributed by atoms with Gasteiger partial charge >= 0.3 is 0 Å². The van der Waals surface area contributed by atoms with Crippen LogP contribution in [0.25, 0.3) is 0 Å². The lowest BCUT2D eigenvalue weighted by Gasteiger charge is -2.28. The molecule has 0 spiro atoms. The van der Waals surface area contributed by atoms with Gasteiger partial charge in [0.25, 0.3) is 0 Å². The van der Waals surface area contributed by atoms with Crippen LogP contribution in [0.15, 0.2) is 0 Å².